The Labute approximate surface area is 174 Å². The van der Waals surface area contributed by atoms with Gasteiger partial charge >= 0.3 is 5.97 Å². The van der Waals surface area contributed by atoms with Gasteiger partial charge in [-0.25, -0.2) is 0 Å². The highest BCUT2D eigenvalue weighted by molar-refractivity contribution is 5.84. The molecule has 1 aliphatic heterocycles. The first-order chi connectivity index (χ1) is 13.6. The Morgan fingerprint density at radius 2 is 1.66 bits per heavy atom. The van der Waals surface area contributed by atoms with Crippen LogP contribution in [0.1, 0.15) is 79.1 Å². The van der Waals surface area contributed by atoms with E-state index in [0.29, 0.717) is 43.7 Å². The quantitative estimate of drug-likeness (QED) is 0.611. The van der Waals surface area contributed by atoms with E-state index in [-0.39, 0.29) is 34.2 Å². The van der Waals surface area contributed by atoms with Crippen LogP contribution >= 0.6 is 0 Å². The van der Waals surface area contributed by atoms with Crippen LogP contribution in [0, 0.1) is 34.0 Å². The monoisotopic (exact) mass is 404 g/mol. The van der Waals surface area contributed by atoms with E-state index >= 15 is 0 Å². The fourth-order valence-corrected chi connectivity index (χ4v) is 8.95. The minimum Gasteiger partial charge on any atom is -0.463 e. The lowest BCUT2D eigenvalue weighted by Crippen LogP contribution is -2.63. The Kier molecular flexibility index (Phi) is 4.33. The Morgan fingerprint density at radius 1 is 0.966 bits per heavy atom. The van der Waals surface area contributed by atoms with Gasteiger partial charge < -0.3 is 14.2 Å². The van der Waals surface area contributed by atoms with Crippen LogP contribution in [0.4, 0.5) is 0 Å². The SMILES string of the molecule is CC(=O)O[C@H]1CC[C@@]2(C)C(C1)C(=O)C[C@]1(C)[C@@H]2CC[C@@]2(C)[C@H]1CCC21OCCO1. The Hall–Kier alpha value is -0.940. The molecule has 29 heavy (non-hydrogen) atoms. The second-order valence-corrected chi connectivity index (χ2v) is 11.3. The predicted octanol–water partition coefficient (Wildman–Crippen LogP) is 4.27. The van der Waals surface area contributed by atoms with Crippen molar-refractivity contribution in [3.8, 4) is 0 Å². The van der Waals surface area contributed by atoms with E-state index in [2.05, 4.69) is 20.8 Å². The van der Waals surface area contributed by atoms with Crippen LogP contribution in [0.3, 0.4) is 0 Å². The van der Waals surface area contributed by atoms with E-state index in [0.717, 1.165) is 38.5 Å². The van der Waals surface area contributed by atoms with Crippen LogP contribution in [0.15, 0.2) is 0 Å². The highest BCUT2D eigenvalue weighted by Gasteiger charge is 2.72. The van der Waals surface area contributed by atoms with Crippen molar-refractivity contribution < 1.29 is 23.8 Å². The number of carbonyl (C=O) groups excluding carboxylic acids is 2. The zero-order valence-electron chi connectivity index (χ0n) is 18.4. The van der Waals surface area contributed by atoms with Gasteiger partial charge in [-0.2, -0.15) is 0 Å². The standard InChI is InChI=1S/C24H36O5/c1-15(25)29-16-5-8-21(2)17(13-16)18(26)14-22(3)19(21)6-9-23(4)20(22)7-10-24(23)27-11-12-28-24/h16-17,19-20H,5-14H2,1-4H3/t16-,17?,19+,20-,21-,22+,23-/m0/s1. The lowest BCUT2D eigenvalue weighted by Gasteiger charge is -2.65. The third kappa shape index (κ3) is 2.52. The number of hydrogen-bond donors (Lipinski definition) is 0. The molecule has 0 N–H and O–H groups in total. The molecule has 5 aliphatic rings. The molecule has 0 amide bonds. The van der Waals surface area contributed by atoms with Crippen LogP contribution in [0.5, 0.6) is 0 Å². The van der Waals surface area contributed by atoms with Gasteiger partial charge in [0, 0.05) is 31.1 Å². The van der Waals surface area contributed by atoms with Gasteiger partial charge in [0.05, 0.1) is 13.2 Å². The molecule has 162 valence electrons. The van der Waals surface area contributed by atoms with E-state index in [1.165, 1.54) is 6.92 Å². The van der Waals surface area contributed by atoms with Gasteiger partial charge in [0.2, 0.25) is 0 Å². The first-order valence-corrected chi connectivity index (χ1v) is 11.6. The summed E-state index contributed by atoms with van der Waals surface area (Å²) in [5.74, 6) is 0.747. The van der Waals surface area contributed by atoms with Crippen LogP contribution in [0.25, 0.3) is 0 Å². The number of rotatable bonds is 1. The Bertz CT molecular complexity index is 727. The highest BCUT2D eigenvalue weighted by atomic mass is 16.7. The number of Topliss-reactive ketones (excluding diaryl/α,β-unsaturated/α-hetero) is 1. The first kappa shape index (κ1) is 20.0. The molecule has 0 aromatic carbocycles. The second-order valence-electron chi connectivity index (χ2n) is 11.3. The number of ketones is 1. The summed E-state index contributed by atoms with van der Waals surface area (Å²) in [6.07, 6.45) is 7.42. The van der Waals surface area contributed by atoms with Crippen molar-refractivity contribution >= 4 is 11.8 Å². The Morgan fingerprint density at radius 3 is 2.34 bits per heavy atom. The lowest BCUT2D eigenvalue weighted by molar-refractivity contribution is -0.259. The topological polar surface area (TPSA) is 61.8 Å². The van der Waals surface area contributed by atoms with Gasteiger partial charge in [0.25, 0.3) is 0 Å². The first-order valence-electron chi connectivity index (χ1n) is 11.6. The maximum atomic E-state index is 13.5. The molecule has 1 heterocycles. The lowest BCUT2D eigenvalue weighted by atomic mass is 9.39. The summed E-state index contributed by atoms with van der Waals surface area (Å²) in [5, 5.41) is 0. The summed E-state index contributed by atoms with van der Waals surface area (Å²) in [5.41, 5.74) is 0.00475. The molecule has 0 bridgehead atoms. The zero-order chi connectivity index (χ0) is 20.7. The van der Waals surface area contributed by atoms with Crippen LogP contribution in [0.2, 0.25) is 0 Å². The van der Waals surface area contributed by atoms with Crippen LogP contribution in [-0.2, 0) is 23.8 Å². The van der Waals surface area contributed by atoms with Crippen molar-refractivity contribution in [2.45, 2.75) is 91.0 Å². The summed E-state index contributed by atoms with van der Waals surface area (Å²) < 4.78 is 18.0. The van der Waals surface area contributed by atoms with Crippen molar-refractivity contribution in [3.63, 3.8) is 0 Å². The molecule has 5 nitrogen and oxygen atoms in total. The molecule has 1 spiro atoms. The molecule has 5 fully saturated rings. The van der Waals surface area contributed by atoms with Crippen molar-refractivity contribution in [2.24, 2.45) is 34.0 Å². The number of ether oxygens (including phenoxy) is 3. The van der Waals surface area contributed by atoms with Crippen molar-refractivity contribution in [3.05, 3.63) is 0 Å². The van der Waals surface area contributed by atoms with Crippen molar-refractivity contribution in [1.29, 1.82) is 0 Å². The number of hydrogen-bond acceptors (Lipinski definition) is 5. The molecule has 0 radical (unpaired) electrons. The van der Waals surface area contributed by atoms with Crippen LogP contribution in [-0.4, -0.2) is 36.9 Å². The molecule has 0 aromatic heterocycles. The normalized spacial score (nSPS) is 50.7. The van der Waals surface area contributed by atoms with Crippen molar-refractivity contribution in [1.82, 2.24) is 0 Å². The molecule has 4 aliphatic carbocycles. The average molecular weight is 405 g/mol. The number of carbonyl (C=O) groups is 2. The number of esters is 1. The predicted molar refractivity (Wildman–Crippen MR) is 107 cm³/mol. The molecule has 5 rings (SSSR count). The molecule has 1 unspecified atom stereocenters. The zero-order valence-corrected chi connectivity index (χ0v) is 18.4. The maximum Gasteiger partial charge on any atom is 0.302 e. The summed E-state index contributed by atoms with van der Waals surface area (Å²) in [4.78, 5) is 25.0. The van der Waals surface area contributed by atoms with Crippen molar-refractivity contribution in [2.75, 3.05) is 13.2 Å². The van der Waals surface area contributed by atoms with Gasteiger partial charge in [-0.05, 0) is 61.2 Å². The molecule has 7 atom stereocenters. The van der Waals surface area contributed by atoms with Gasteiger partial charge in [-0.3, -0.25) is 9.59 Å². The van der Waals surface area contributed by atoms with Gasteiger partial charge in [-0.1, -0.05) is 20.8 Å². The van der Waals surface area contributed by atoms with Gasteiger partial charge in [-0.15, -0.1) is 0 Å². The summed E-state index contributed by atoms with van der Waals surface area (Å²) in [6.45, 7) is 9.98. The minimum absolute atomic E-state index is 0.00239. The largest absolute Gasteiger partial charge is 0.463 e. The fraction of sp³-hybridized carbons (Fsp3) is 0.917. The fourth-order valence-electron chi connectivity index (χ4n) is 8.95. The Balaban J connectivity index is 1.47. The van der Waals surface area contributed by atoms with Gasteiger partial charge in [0.15, 0.2) is 5.79 Å². The molecule has 0 aromatic rings. The molecular formula is C24H36O5. The minimum atomic E-state index is -0.431. The van der Waals surface area contributed by atoms with E-state index in [1.54, 1.807) is 0 Å². The third-order valence-electron chi connectivity index (χ3n) is 10.1. The van der Waals surface area contributed by atoms with E-state index in [4.69, 9.17) is 14.2 Å². The molecule has 5 heteroatoms. The summed E-state index contributed by atoms with van der Waals surface area (Å²) in [6, 6.07) is 0. The van der Waals surface area contributed by atoms with E-state index < -0.39 is 5.79 Å². The van der Waals surface area contributed by atoms with Gasteiger partial charge in [0.1, 0.15) is 11.9 Å². The highest BCUT2D eigenvalue weighted by Crippen LogP contribution is 2.73. The second kappa shape index (κ2) is 6.29. The third-order valence-corrected chi connectivity index (χ3v) is 10.1. The van der Waals surface area contributed by atoms with E-state index in [9.17, 15) is 9.59 Å². The summed E-state index contributed by atoms with van der Waals surface area (Å²) in [7, 11) is 0. The van der Waals surface area contributed by atoms with Crippen LogP contribution < -0.4 is 0 Å². The molecular weight excluding hydrogens is 368 g/mol. The number of fused-ring (bicyclic) bond motifs is 6. The molecule has 1 saturated heterocycles. The molecule has 4 saturated carbocycles. The summed E-state index contributed by atoms with van der Waals surface area (Å²) >= 11 is 0. The average Bonchev–Trinajstić information content (AvgIpc) is 3.23. The smallest absolute Gasteiger partial charge is 0.302 e. The van der Waals surface area contributed by atoms with E-state index in [1.807, 2.05) is 0 Å². The maximum absolute atomic E-state index is 13.5.